The Morgan fingerprint density at radius 1 is 1.35 bits per heavy atom. The zero-order valence-electron chi connectivity index (χ0n) is 11.5. The van der Waals surface area contributed by atoms with E-state index in [9.17, 15) is 4.39 Å². The Bertz CT molecular complexity index is 613. The number of rotatable bonds is 5. The molecule has 0 aliphatic rings. The first-order valence-electron chi connectivity index (χ1n) is 6.48. The van der Waals surface area contributed by atoms with E-state index in [4.69, 9.17) is 10.5 Å². The molecular formula is C14H17BrFN3O. The number of aryl methyl sites for hydroxylation is 2. The third-order valence-electron chi connectivity index (χ3n) is 3.00. The summed E-state index contributed by atoms with van der Waals surface area (Å²) in [6.07, 6.45) is 0.870. The summed E-state index contributed by atoms with van der Waals surface area (Å²) in [5.74, 6) is -0.0555. The van der Waals surface area contributed by atoms with E-state index in [-0.39, 0.29) is 0 Å². The normalized spacial score (nSPS) is 10.8. The van der Waals surface area contributed by atoms with Crippen molar-refractivity contribution >= 4 is 21.6 Å². The summed E-state index contributed by atoms with van der Waals surface area (Å²) in [6, 6.07) is 4.78. The summed E-state index contributed by atoms with van der Waals surface area (Å²) in [4.78, 5) is 0. The van der Waals surface area contributed by atoms with Crippen LogP contribution >= 0.6 is 15.9 Å². The Kier molecular flexibility index (Phi) is 4.65. The van der Waals surface area contributed by atoms with Crippen LogP contribution in [0.1, 0.15) is 25.2 Å². The van der Waals surface area contributed by atoms with Gasteiger partial charge in [0.05, 0.1) is 21.5 Å². The summed E-state index contributed by atoms with van der Waals surface area (Å²) < 4.78 is 21.3. The third kappa shape index (κ3) is 3.12. The van der Waals surface area contributed by atoms with Crippen LogP contribution in [0.25, 0.3) is 0 Å². The van der Waals surface area contributed by atoms with Crippen molar-refractivity contribution in [1.29, 1.82) is 0 Å². The molecule has 0 aliphatic carbocycles. The molecule has 0 saturated carbocycles. The Balaban J connectivity index is 2.16. The van der Waals surface area contributed by atoms with E-state index in [2.05, 4.69) is 28.0 Å². The van der Waals surface area contributed by atoms with E-state index in [0.717, 1.165) is 24.4 Å². The van der Waals surface area contributed by atoms with E-state index >= 15 is 0 Å². The Morgan fingerprint density at radius 3 is 2.75 bits per heavy atom. The minimum Gasteiger partial charge on any atom is -0.485 e. The van der Waals surface area contributed by atoms with Crippen LogP contribution in [-0.2, 0) is 19.6 Å². The minimum absolute atomic E-state index is 0.312. The Morgan fingerprint density at radius 2 is 2.10 bits per heavy atom. The van der Waals surface area contributed by atoms with Crippen LogP contribution in [-0.4, -0.2) is 9.78 Å². The van der Waals surface area contributed by atoms with Crippen LogP contribution in [0.15, 0.2) is 22.7 Å². The van der Waals surface area contributed by atoms with Crippen LogP contribution in [0.5, 0.6) is 5.75 Å². The smallest absolute Gasteiger partial charge is 0.145 e. The van der Waals surface area contributed by atoms with Gasteiger partial charge in [0.2, 0.25) is 0 Å². The Hall–Kier alpha value is -1.56. The number of nitrogens with two attached hydrogens (primary N) is 1. The molecule has 6 heteroatoms. The molecule has 1 aromatic carbocycles. The van der Waals surface area contributed by atoms with Crippen molar-refractivity contribution in [2.24, 2.45) is 0 Å². The molecule has 108 valence electrons. The number of anilines is 1. The van der Waals surface area contributed by atoms with Gasteiger partial charge in [-0.2, -0.15) is 5.10 Å². The highest BCUT2D eigenvalue weighted by Gasteiger charge is 2.10. The van der Waals surface area contributed by atoms with Crippen molar-refractivity contribution in [3.05, 3.63) is 39.9 Å². The largest absolute Gasteiger partial charge is 0.485 e. The molecule has 0 radical (unpaired) electrons. The number of hydrogen-bond acceptors (Lipinski definition) is 3. The summed E-state index contributed by atoms with van der Waals surface area (Å²) in [7, 11) is 0. The molecule has 20 heavy (non-hydrogen) atoms. The number of nitrogen functional groups attached to an aromatic ring is 1. The number of aromatic nitrogens is 2. The molecule has 2 aromatic rings. The van der Waals surface area contributed by atoms with Crippen molar-refractivity contribution in [1.82, 2.24) is 9.78 Å². The van der Waals surface area contributed by atoms with Crippen LogP contribution in [0.3, 0.4) is 0 Å². The summed E-state index contributed by atoms with van der Waals surface area (Å²) >= 11 is 3.09. The number of ether oxygens (including phenoxy) is 1. The second-order valence-electron chi connectivity index (χ2n) is 4.39. The van der Waals surface area contributed by atoms with Gasteiger partial charge in [-0.1, -0.05) is 6.92 Å². The van der Waals surface area contributed by atoms with Crippen molar-refractivity contribution < 1.29 is 9.13 Å². The lowest BCUT2D eigenvalue weighted by atomic mass is 10.3. The number of halogens is 2. The lowest BCUT2D eigenvalue weighted by Crippen LogP contribution is -2.07. The fourth-order valence-electron chi connectivity index (χ4n) is 1.90. The van der Waals surface area contributed by atoms with Crippen molar-refractivity contribution in [3.63, 3.8) is 0 Å². The maximum Gasteiger partial charge on any atom is 0.145 e. The van der Waals surface area contributed by atoms with Gasteiger partial charge in [0, 0.05) is 12.6 Å². The van der Waals surface area contributed by atoms with E-state index in [1.54, 1.807) is 0 Å². The predicted octanol–water partition coefficient (Wildman–Crippen LogP) is 3.53. The van der Waals surface area contributed by atoms with Crippen LogP contribution in [0.2, 0.25) is 0 Å². The monoisotopic (exact) mass is 341 g/mol. The van der Waals surface area contributed by atoms with Crippen LogP contribution < -0.4 is 10.5 Å². The first-order chi connectivity index (χ1) is 9.55. The molecule has 1 heterocycles. The third-order valence-corrected chi connectivity index (χ3v) is 3.61. The van der Waals surface area contributed by atoms with Gasteiger partial charge in [0.15, 0.2) is 0 Å². The standard InChI is InChI=1S/C14H17BrFN3O/c1-3-9-5-10(19(4-2)18-9)8-20-14-7-12(16)11(15)6-13(14)17/h5-7H,3-4,8,17H2,1-2H3. The van der Waals surface area contributed by atoms with Gasteiger partial charge < -0.3 is 10.5 Å². The van der Waals surface area contributed by atoms with E-state index in [0.29, 0.717) is 22.5 Å². The highest BCUT2D eigenvalue weighted by Crippen LogP contribution is 2.29. The van der Waals surface area contributed by atoms with E-state index in [1.165, 1.54) is 12.1 Å². The zero-order valence-corrected chi connectivity index (χ0v) is 13.1. The fourth-order valence-corrected chi connectivity index (χ4v) is 2.26. The number of benzene rings is 1. The molecule has 0 spiro atoms. The maximum absolute atomic E-state index is 13.5. The molecule has 0 atom stereocenters. The molecule has 0 fully saturated rings. The number of nitrogens with zero attached hydrogens (tertiary/aromatic N) is 2. The number of hydrogen-bond donors (Lipinski definition) is 1. The van der Waals surface area contributed by atoms with E-state index < -0.39 is 5.82 Å². The zero-order chi connectivity index (χ0) is 14.7. The average Bonchev–Trinajstić information content (AvgIpc) is 2.84. The summed E-state index contributed by atoms with van der Waals surface area (Å²) in [5.41, 5.74) is 8.18. The van der Waals surface area contributed by atoms with Gasteiger partial charge in [-0.25, -0.2) is 4.39 Å². The minimum atomic E-state index is -0.396. The topological polar surface area (TPSA) is 53.1 Å². The molecular weight excluding hydrogens is 325 g/mol. The second kappa shape index (κ2) is 6.26. The van der Waals surface area contributed by atoms with Gasteiger partial charge in [0.1, 0.15) is 18.2 Å². The van der Waals surface area contributed by atoms with Gasteiger partial charge in [-0.3, -0.25) is 4.68 Å². The predicted molar refractivity (Wildman–Crippen MR) is 80.1 cm³/mol. The first kappa shape index (κ1) is 14.8. The average molecular weight is 342 g/mol. The molecule has 0 bridgehead atoms. The van der Waals surface area contributed by atoms with Crippen LogP contribution in [0, 0.1) is 5.82 Å². The molecule has 0 saturated heterocycles. The molecule has 1 aromatic heterocycles. The SMILES string of the molecule is CCc1cc(COc2cc(F)c(Br)cc2N)n(CC)n1. The van der Waals surface area contributed by atoms with Gasteiger partial charge in [0.25, 0.3) is 0 Å². The molecule has 4 nitrogen and oxygen atoms in total. The van der Waals surface area contributed by atoms with Crippen molar-refractivity contribution in [2.45, 2.75) is 33.4 Å². The maximum atomic E-state index is 13.5. The molecule has 0 aliphatic heterocycles. The Labute approximate surface area is 125 Å². The second-order valence-corrected chi connectivity index (χ2v) is 5.24. The molecule has 2 rings (SSSR count). The van der Waals surface area contributed by atoms with Crippen molar-refractivity contribution in [3.8, 4) is 5.75 Å². The van der Waals surface area contributed by atoms with Gasteiger partial charge in [-0.05, 0) is 41.4 Å². The molecule has 0 unspecified atom stereocenters. The highest BCUT2D eigenvalue weighted by molar-refractivity contribution is 9.10. The fraction of sp³-hybridized carbons (Fsp3) is 0.357. The van der Waals surface area contributed by atoms with Crippen molar-refractivity contribution in [2.75, 3.05) is 5.73 Å². The highest BCUT2D eigenvalue weighted by atomic mass is 79.9. The first-order valence-corrected chi connectivity index (χ1v) is 7.27. The molecule has 2 N–H and O–H groups in total. The van der Waals surface area contributed by atoms with Gasteiger partial charge in [-0.15, -0.1) is 0 Å². The van der Waals surface area contributed by atoms with Gasteiger partial charge >= 0.3 is 0 Å². The van der Waals surface area contributed by atoms with E-state index in [1.807, 2.05) is 17.7 Å². The lowest BCUT2D eigenvalue weighted by molar-refractivity contribution is 0.292. The molecule has 0 amide bonds. The summed E-state index contributed by atoms with van der Waals surface area (Å²) in [6.45, 7) is 5.15. The summed E-state index contributed by atoms with van der Waals surface area (Å²) in [5, 5.41) is 4.44. The lowest BCUT2D eigenvalue weighted by Gasteiger charge is -2.10. The quantitative estimate of drug-likeness (QED) is 0.846. The van der Waals surface area contributed by atoms with Crippen LogP contribution in [0.4, 0.5) is 10.1 Å².